The van der Waals surface area contributed by atoms with Crippen LogP contribution in [0.15, 0.2) is 97.1 Å². The van der Waals surface area contributed by atoms with Crippen molar-refractivity contribution in [1.82, 2.24) is 53.2 Å². The Kier molecular flexibility index (Phi) is 27.8. The van der Waals surface area contributed by atoms with Crippen LogP contribution in [0.1, 0.15) is 75.6 Å². The number of urea groups is 2. The van der Waals surface area contributed by atoms with Crippen molar-refractivity contribution >= 4 is 116 Å². The molecule has 4 aromatic rings. The van der Waals surface area contributed by atoms with Crippen LogP contribution >= 0.6 is 33.2 Å². The van der Waals surface area contributed by atoms with Gasteiger partial charge in [-0.1, -0.05) is 81.7 Å². The Bertz CT molecular complexity index is 3350. The van der Waals surface area contributed by atoms with Gasteiger partial charge >= 0.3 is 12.1 Å². The average Bonchev–Trinajstić information content (AvgIpc) is 0.969. The molecule has 0 aliphatic carbocycles. The smallest absolute Gasteiger partial charge is 0.322 e. The number of benzene rings is 4. The lowest BCUT2D eigenvalue weighted by atomic mass is 10.00. The summed E-state index contributed by atoms with van der Waals surface area (Å²) >= 11 is 6.22. The third-order valence-electron chi connectivity index (χ3n) is 14.6. The number of imide groups is 1. The number of unbranched alkanes of at least 4 members (excludes halogenated alkanes) is 1. The Labute approximate surface area is 555 Å². The number of primary amides is 2. The van der Waals surface area contributed by atoms with Gasteiger partial charge in [0.2, 0.25) is 59.1 Å². The molecule has 0 saturated carbocycles. The summed E-state index contributed by atoms with van der Waals surface area (Å²) in [5.41, 5.74) is 18.8. The standard InChI is InChI=1S/C62H80ClN15O14S2/c1-32(79)50-59(90)74-48(57(88)70-42(51(65)82)25-36-14-22-40(80)23-15-36)31-94-93-30-47(73-56(87)46(78-62(2,3)4)28-33-8-16-37(63)17-9-33)58(89)72-44(27-34-10-18-38(19-11-34)67-53(84)45-29-49(81)76-61(92)75-45)55(86)71-43(26-35-12-20-39(21-13-35)68-60(66)91)54(85)69-41(52(83)77-50)7-5-6-24-64/h8-23,32,41-48,50,78-80H,5-7,24-31,64H2,1-4H3,(H2,65,82)(H,67,84)(H,69,85)(H,70,88)(H,71,86)(H,72,89)(H,73,87)(H,74,90)(H,77,83)(H3,66,68,91)(H2,75,76,81,92). The zero-order chi connectivity index (χ0) is 68.8. The third kappa shape index (κ3) is 24.2. The largest absolute Gasteiger partial charge is 0.508 e. The molecule has 2 aliphatic rings. The Balaban J connectivity index is 1.44. The molecule has 32 heteroatoms. The molecule has 0 spiro atoms. The van der Waals surface area contributed by atoms with Crippen LogP contribution in [0.4, 0.5) is 21.0 Å². The second kappa shape index (κ2) is 35.3. The van der Waals surface area contributed by atoms with E-state index in [1.807, 2.05) is 20.8 Å². The molecular weight excluding hydrogens is 1280 g/mol. The Morgan fingerprint density at radius 3 is 1.68 bits per heavy atom. The summed E-state index contributed by atoms with van der Waals surface area (Å²) < 4.78 is 0. The lowest BCUT2D eigenvalue weighted by Gasteiger charge is -2.30. The number of hydrogen-bond acceptors (Lipinski definition) is 18. The monoisotopic (exact) mass is 1360 g/mol. The van der Waals surface area contributed by atoms with Crippen molar-refractivity contribution in [1.29, 1.82) is 0 Å². The fraction of sp³-hybridized carbons (Fsp3) is 0.419. The van der Waals surface area contributed by atoms with E-state index in [0.717, 1.165) is 21.6 Å². The number of amides is 14. The summed E-state index contributed by atoms with van der Waals surface area (Å²) in [7, 11) is 1.89. The van der Waals surface area contributed by atoms with Gasteiger partial charge in [-0.2, -0.15) is 0 Å². The van der Waals surface area contributed by atoms with Crippen molar-refractivity contribution < 1.29 is 67.7 Å². The molecule has 0 bridgehead atoms. The first-order valence-corrected chi connectivity index (χ1v) is 32.9. The number of anilines is 2. The van der Waals surface area contributed by atoms with Gasteiger partial charge in [0, 0.05) is 52.7 Å². The number of nitrogens with one attached hydrogen (secondary N) is 12. The molecule has 506 valence electrons. The predicted molar refractivity (Wildman–Crippen MR) is 353 cm³/mol. The molecule has 2 heterocycles. The number of hydrogen-bond donors (Lipinski definition) is 17. The highest BCUT2D eigenvalue weighted by Crippen LogP contribution is 2.25. The molecule has 0 aromatic heterocycles. The van der Waals surface area contributed by atoms with E-state index >= 15 is 9.59 Å². The van der Waals surface area contributed by atoms with Crippen molar-refractivity contribution in [2.75, 3.05) is 28.7 Å². The van der Waals surface area contributed by atoms with Gasteiger partial charge in [0.15, 0.2) is 0 Å². The molecular formula is C62H80ClN15O14S2. The highest BCUT2D eigenvalue weighted by atomic mass is 35.5. The maximum atomic E-state index is 15.2. The molecule has 29 nitrogen and oxygen atoms in total. The van der Waals surface area contributed by atoms with Crippen LogP contribution in [0, 0.1) is 0 Å². The van der Waals surface area contributed by atoms with Gasteiger partial charge in [-0.15, -0.1) is 0 Å². The fourth-order valence-electron chi connectivity index (χ4n) is 9.80. The van der Waals surface area contributed by atoms with E-state index in [9.17, 15) is 58.2 Å². The number of nitrogens with two attached hydrogens (primary N) is 3. The number of aromatic hydroxyl groups is 1. The summed E-state index contributed by atoms with van der Waals surface area (Å²) in [6.07, 6.45) is -2.13. The Morgan fingerprint density at radius 2 is 1.14 bits per heavy atom. The molecule has 94 heavy (non-hydrogen) atoms. The molecule has 2 aliphatic heterocycles. The topological polar surface area (TPSA) is 468 Å². The van der Waals surface area contributed by atoms with Crippen molar-refractivity contribution in [3.8, 4) is 5.75 Å². The zero-order valence-electron chi connectivity index (χ0n) is 52.0. The highest BCUT2D eigenvalue weighted by Gasteiger charge is 2.38. The van der Waals surface area contributed by atoms with E-state index in [2.05, 4.69) is 63.8 Å². The van der Waals surface area contributed by atoms with Gasteiger partial charge in [0.1, 0.15) is 54.1 Å². The van der Waals surface area contributed by atoms with E-state index in [1.54, 1.807) is 24.3 Å². The number of aliphatic hydroxyl groups excluding tert-OH is 1. The van der Waals surface area contributed by atoms with Gasteiger partial charge in [-0.25, -0.2) is 9.59 Å². The minimum atomic E-state index is -1.80. The lowest BCUT2D eigenvalue weighted by molar-refractivity contribution is -0.136. The van der Waals surface area contributed by atoms with Crippen molar-refractivity contribution in [3.05, 3.63) is 124 Å². The molecule has 4 aromatic carbocycles. The normalized spacial score (nSPS) is 21.3. The number of halogens is 1. The number of carbonyl (C=O) groups is 12. The van der Waals surface area contributed by atoms with Gasteiger partial charge in [0.25, 0.3) is 0 Å². The molecule has 2 saturated heterocycles. The van der Waals surface area contributed by atoms with E-state index in [1.165, 1.54) is 79.7 Å². The van der Waals surface area contributed by atoms with E-state index in [-0.39, 0.29) is 80.1 Å². The molecule has 0 radical (unpaired) electrons. The second-order valence-electron chi connectivity index (χ2n) is 23.6. The number of phenolic OH excluding ortho intramolecular Hbond substituents is 1. The molecule has 20 N–H and O–H groups in total. The lowest BCUT2D eigenvalue weighted by Crippen LogP contribution is -2.62. The minimum absolute atomic E-state index is 0.0679. The molecule has 14 amide bonds. The first-order valence-electron chi connectivity index (χ1n) is 30.0. The summed E-state index contributed by atoms with van der Waals surface area (Å²) in [6, 6.07) is 9.69. The SMILES string of the molecule is CC(O)C1NC(=O)C(CCCCN)NC(=O)C(Cc2ccc(NC(N)=O)cc2)NC(=O)C(Cc2ccc(NC(=O)C3CC(=O)NC(=O)N3)cc2)NC(=O)C(NC(=O)C(Cc2ccc(Cl)cc2)NC(C)(C)C)CSSCC(C(=O)NC(Cc2ccc(O)cc2)C(N)=O)NC1=O. The minimum Gasteiger partial charge on any atom is -0.508 e. The quantitative estimate of drug-likeness (QED) is 0.0360. The molecule has 10 atom stereocenters. The molecule has 6 rings (SSSR count). The Morgan fingerprint density at radius 1 is 0.617 bits per heavy atom. The summed E-state index contributed by atoms with van der Waals surface area (Å²) in [5.74, 6) is -9.52. The van der Waals surface area contributed by atoms with Gasteiger partial charge in [-0.3, -0.25) is 53.3 Å². The maximum Gasteiger partial charge on any atom is 0.322 e. The Hall–Kier alpha value is -9.01. The van der Waals surface area contributed by atoms with Crippen LogP contribution in [0.2, 0.25) is 5.02 Å². The average molecular weight is 1360 g/mol. The van der Waals surface area contributed by atoms with Crippen molar-refractivity contribution in [2.45, 2.75) is 145 Å². The van der Waals surface area contributed by atoms with Crippen molar-refractivity contribution in [3.63, 3.8) is 0 Å². The van der Waals surface area contributed by atoms with Crippen LogP contribution in [-0.2, 0) is 73.6 Å². The predicted octanol–water partition coefficient (Wildman–Crippen LogP) is -0.116. The van der Waals surface area contributed by atoms with Crippen LogP contribution in [-0.4, -0.2) is 165 Å². The fourth-order valence-corrected chi connectivity index (χ4v) is 12.3. The summed E-state index contributed by atoms with van der Waals surface area (Å²) in [5, 5.41) is 53.0. The highest BCUT2D eigenvalue weighted by molar-refractivity contribution is 8.76. The number of rotatable bonds is 22. The zero-order valence-corrected chi connectivity index (χ0v) is 54.4. The molecule has 10 unspecified atom stereocenters. The maximum absolute atomic E-state index is 15.2. The second-order valence-corrected chi connectivity index (χ2v) is 26.5. The van der Waals surface area contributed by atoms with Gasteiger partial charge in [-0.05, 0) is 131 Å². The number of carbonyl (C=O) groups excluding carboxylic acids is 12. The van der Waals surface area contributed by atoms with Crippen LogP contribution in [0.25, 0.3) is 0 Å². The van der Waals surface area contributed by atoms with Gasteiger partial charge < -0.3 is 85.9 Å². The first-order chi connectivity index (χ1) is 44.5. The molecule has 2 fully saturated rings. The summed E-state index contributed by atoms with van der Waals surface area (Å²) in [4.78, 5) is 165. The van der Waals surface area contributed by atoms with E-state index in [0.29, 0.717) is 33.7 Å². The van der Waals surface area contributed by atoms with Crippen molar-refractivity contribution in [2.24, 2.45) is 17.2 Å². The third-order valence-corrected chi connectivity index (χ3v) is 17.3. The van der Waals surface area contributed by atoms with E-state index in [4.69, 9.17) is 28.8 Å². The first kappa shape index (κ1) is 74.0. The van der Waals surface area contributed by atoms with Gasteiger partial charge in [0.05, 0.1) is 18.6 Å². The van der Waals surface area contributed by atoms with Crippen LogP contribution in [0.5, 0.6) is 5.75 Å². The summed E-state index contributed by atoms with van der Waals surface area (Å²) in [6.45, 7) is 6.88. The number of aliphatic hydroxyl groups is 1. The number of phenols is 1. The van der Waals surface area contributed by atoms with E-state index < -0.39 is 137 Å². The van der Waals surface area contributed by atoms with Crippen LogP contribution in [0.3, 0.4) is 0 Å². The van der Waals surface area contributed by atoms with Crippen LogP contribution < -0.4 is 81.0 Å².